The zero-order chi connectivity index (χ0) is 19.9. The molecule has 1 aromatic rings. The smallest absolute Gasteiger partial charge is 0.249 e. The third kappa shape index (κ3) is 4.18. The lowest BCUT2D eigenvalue weighted by atomic mass is 9.78. The molecule has 2 saturated heterocycles. The quantitative estimate of drug-likeness (QED) is 0.660. The number of aromatic nitrogens is 2. The highest BCUT2D eigenvalue weighted by Crippen LogP contribution is 2.42. The van der Waals surface area contributed by atoms with Gasteiger partial charge in [0.15, 0.2) is 0 Å². The van der Waals surface area contributed by atoms with E-state index in [1.165, 1.54) is 0 Å². The SMILES string of the molecule is COCC(=O)N1CCc2[nH]cnc2C12CCN(C(=O)[C@@H]1C[C@H](N)CN1C)CC2.Cl.Cl. The van der Waals surface area contributed by atoms with Gasteiger partial charge in [0.05, 0.1) is 23.6 Å². The zero-order valence-corrected chi connectivity index (χ0v) is 19.1. The molecule has 0 radical (unpaired) electrons. The first-order valence-corrected chi connectivity index (χ1v) is 10.0. The molecule has 0 unspecified atom stereocenters. The third-order valence-electron chi connectivity index (χ3n) is 6.60. The monoisotopic (exact) mass is 462 g/mol. The van der Waals surface area contributed by atoms with Crippen molar-refractivity contribution < 1.29 is 14.3 Å². The Kier molecular flexibility index (Phi) is 8.15. The second-order valence-corrected chi connectivity index (χ2v) is 8.27. The number of aromatic amines is 1. The number of nitrogens with zero attached hydrogens (tertiary/aromatic N) is 4. The van der Waals surface area contributed by atoms with Crippen LogP contribution >= 0.6 is 24.8 Å². The lowest BCUT2D eigenvalue weighted by molar-refractivity contribution is -0.148. The molecule has 2 amide bonds. The van der Waals surface area contributed by atoms with E-state index in [0.29, 0.717) is 38.9 Å². The van der Waals surface area contributed by atoms with Crippen LogP contribution in [0.2, 0.25) is 0 Å². The summed E-state index contributed by atoms with van der Waals surface area (Å²) in [6.45, 7) is 2.69. The Bertz CT molecular complexity index is 752. The number of ether oxygens (including phenoxy) is 1. The Morgan fingerprint density at radius 2 is 2.00 bits per heavy atom. The maximum Gasteiger partial charge on any atom is 0.249 e. The van der Waals surface area contributed by atoms with Gasteiger partial charge in [0, 0.05) is 51.4 Å². The number of amides is 2. The fourth-order valence-corrected chi connectivity index (χ4v) is 5.19. The van der Waals surface area contributed by atoms with Crippen LogP contribution in [0.25, 0.3) is 0 Å². The molecule has 0 aliphatic carbocycles. The molecule has 3 aliphatic heterocycles. The molecule has 0 bridgehead atoms. The first kappa shape index (κ1) is 24.9. The molecule has 11 heteroatoms. The average molecular weight is 463 g/mol. The first-order chi connectivity index (χ1) is 13.5. The van der Waals surface area contributed by atoms with Gasteiger partial charge in [0.1, 0.15) is 6.61 Å². The summed E-state index contributed by atoms with van der Waals surface area (Å²) in [5, 5.41) is 0. The maximum absolute atomic E-state index is 13.0. The Morgan fingerprint density at radius 1 is 1.30 bits per heavy atom. The molecule has 4 rings (SSSR count). The number of H-pyrrole nitrogens is 1. The summed E-state index contributed by atoms with van der Waals surface area (Å²) in [6.07, 6.45) is 4.56. The van der Waals surface area contributed by atoms with Gasteiger partial charge in [-0.25, -0.2) is 4.98 Å². The number of hydrogen-bond donors (Lipinski definition) is 2. The number of likely N-dealkylation sites (N-methyl/N-ethyl adjacent to an activating group) is 1. The topological polar surface area (TPSA) is 108 Å². The number of piperidine rings is 1. The van der Waals surface area contributed by atoms with Crippen LogP contribution in [0.5, 0.6) is 0 Å². The van der Waals surface area contributed by atoms with E-state index in [4.69, 9.17) is 10.5 Å². The second-order valence-electron chi connectivity index (χ2n) is 8.27. The molecule has 1 aromatic heterocycles. The molecule has 1 spiro atoms. The molecular weight excluding hydrogens is 431 g/mol. The summed E-state index contributed by atoms with van der Waals surface area (Å²) in [5.41, 5.74) is 7.63. The van der Waals surface area contributed by atoms with E-state index < -0.39 is 5.54 Å². The highest BCUT2D eigenvalue weighted by Gasteiger charge is 2.49. The molecule has 2 atom stereocenters. The van der Waals surface area contributed by atoms with Crippen molar-refractivity contribution in [2.24, 2.45) is 5.73 Å². The van der Waals surface area contributed by atoms with E-state index in [1.54, 1.807) is 13.4 Å². The van der Waals surface area contributed by atoms with Gasteiger partial charge in [-0.15, -0.1) is 24.8 Å². The van der Waals surface area contributed by atoms with Gasteiger partial charge < -0.3 is 25.3 Å². The van der Waals surface area contributed by atoms with Crippen molar-refractivity contribution in [1.82, 2.24) is 24.7 Å². The molecule has 170 valence electrons. The Labute approximate surface area is 189 Å². The number of methoxy groups -OCH3 is 1. The predicted octanol–water partition coefficient (Wildman–Crippen LogP) is 0.134. The number of carbonyl (C=O) groups is 2. The van der Waals surface area contributed by atoms with Crippen molar-refractivity contribution in [1.29, 1.82) is 0 Å². The van der Waals surface area contributed by atoms with Crippen LogP contribution in [0.1, 0.15) is 30.7 Å². The van der Waals surface area contributed by atoms with Crippen molar-refractivity contribution in [3.63, 3.8) is 0 Å². The minimum absolute atomic E-state index is 0. The van der Waals surface area contributed by atoms with E-state index >= 15 is 0 Å². The number of likely N-dealkylation sites (tertiary alicyclic amines) is 2. The number of carbonyl (C=O) groups excluding carboxylic acids is 2. The Morgan fingerprint density at radius 3 is 2.60 bits per heavy atom. The normalized spacial score (nSPS) is 25.4. The number of nitrogens with two attached hydrogens (primary N) is 1. The number of rotatable bonds is 3. The summed E-state index contributed by atoms with van der Waals surface area (Å²) in [5.74, 6) is 0.135. The molecular formula is C19H32Cl2N6O3. The van der Waals surface area contributed by atoms with Gasteiger partial charge in [-0.1, -0.05) is 0 Å². The second kappa shape index (κ2) is 9.82. The van der Waals surface area contributed by atoms with Gasteiger partial charge >= 0.3 is 0 Å². The third-order valence-corrected chi connectivity index (χ3v) is 6.60. The largest absolute Gasteiger partial charge is 0.375 e. The van der Waals surface area contributed by atoms with Crippen molar-refractivity contribution in [2.75, 3.05) is 46.9 Å². The van der Waals surface area contributed by atoms with E-state index in [9.17, 15) is 9.59 Å². The van der Waals surface area contributed by atoms with E-state index in [2.05, 4.69) is 14.9 Å². The van der Waals surface area contributed by atoms with E-state index in [0.717, 1.165) is 24.4 Å². The molecule has 4 heterocycles. The Hall–Kier alpha value is -1.39. The number of hydrogen-bond acceptors (Lipinski definition) is 6. The number of nitrogens with one attached hydrogen (secondary N) is 1. The first-order valence-electron chi connectivity index (χ1n) is 10.0. The minimum atomic E-state index is -0.460. The van der Waals surface area contributed by atoms with Crippen LogP contribution in [0.3, 0.4) is 0 Å². The highest BCUT2D eigenvalue weighted by atomic mass is 35.5. The molecule has 0 aromatic carbocycles. The van der Waals surface area contributed by atoms with Crippen LogP contribution in [-0.2, 0) is 26.3 Å². The number of imidazole rings is 1. The lowest BCUT2D eigenvalue weighted by Gasteiger charge is -2.50. The van der Waals surface area contributed by atoms with Crippen molar-refractivity contribution in [3.05, 3.63) is 17.7 Å². The van der Waals surface area contributed by atoms with Crippen LogP contribution in [0.15, 0.2) is 6.33 Å². The van der Waals surface area contributed by atoms with Crippen molar-refractivity contribution in [3.8, 4) is 0 Å². The van der Waals surface area contributed by atoms with Gasteiger partial charge in [-0.2, -0.15) is 0 Å². The lowest BCUT2D eigenvalue weighted by Crippen LogP contribution is -2.60. The summed E-state index contributed by atoms with van der Waals surface area (Å²) in [6, 6.07) is -0.0789. The van der Waals surface area contributed by atoms with Crippen LogP contribution in [-0.4, -0.2) is 95.5 Å². The fourth-order valence-electron chi connectivity index (χ4n) is 5.19. The van der Waals surface area contributed by atoms with Crippen molar-refractivity contribution in [2.45, 2.75) is 43.3 Å². The Balaban J connectivity index is 0.00000160. The summed E-state index contributed by atoms with van der Waals surface area (Å²) in [7, 11) is 3.50. The number of fused-ring (bicyclic) bond motifs is 2. The van der Waals surface area contributed by atoms with Gasteiger partial charge in [-0.3, -0.25) is 14.5 Å². The van der Waals surface area contributed by atoms with Crippen LogP contribution in [0.4, 0.5) is 0 Å². The summed E-state index contributed by atoms with van der Waals surface area (Å²) >= 11 is 0. The molecule has 0 saturated carbocycles. The average Bonchev–Trinajstić information content (AvgIpc) is 3.29. The minimum Gasteiger partial charge on any atom is -0.375 e. The molecule has 9 nitrogen and oxygen atoms in total. The molecule has 2 fully saturated rings. The van der Waals surface area contributed by atoms with Crippen LogP contribution < -0.4 is 5.73 Å². The van der Waals surface area contributed by atoms with E-state index in [-0.39, 0.29) is 55.3 Å². The molecule has 3 aliphatic rings. The van der Waals surface area contributed by atoms with Gasteiger partial charge in [-0.05, 0) is 26.3 Å². The fraction of sp³-hybridized carbons (Fsp3) is 0.737. The summed E-state index contributed by atoms with van der Waals surface area (Å²) < 4.78 is 5.11. The highest BCUT2D eigenvalue weighted by molar-refractivity contribution is 5.85. The predicted molar refractivity (Wildman–Crippen MR) is 117 cm³/mol. The maximum atomic E-state index is 13.0. The van der Waals surface area contributed by atoms with Crippen molar-refractivity contribution >= 4 is 36.6 Å². The molecule has 3 N–H and O–H groups in total. The summed E-state index contributed by atoms with van der Waals surface area (Å²) in [4.78, 5) is 39.5. The zero-order valence-electron chi connectivity index (χ0n) is 17.5. The van der Waals surface area contributed by atoms with Crippen LogP contribution in [0, 0.1) is 0 Å². The number of halogens is 2. The van der Waals surface area contributed by atoms with E-state index in [1.807, 2.05) is 16.8 Å². The molecule has 30 heavy (non-hydrogen) atoms. The van der Waals surface area contributed by atoms with Gasteiger partial charge in [0.25, 0.3) is 0 Å². The standard InChI is InChI=1S/C19H30N6O3.2ClH/c1-23-10-13(20)9-15(23)18(27)24-7-4-19(5-8-24)17-14(21-12-22-17)3-6-25(19)16(26)11-28-2;;/h12-13,15H,3-11,20H2,1-2H3,(H,21,22);2*1H/t13-,15-;;/m0../s1. The van der Waals surface area contributed by atoms with Gasteiger partial charge in [0.2, 0.25) is 11.8 Å².